The van der Waals surface area contributed by atoms with E-state index in [1.807, 2.05) is 60.7 Å². The van der Waals surface area contributed by atoms with E-state index in [1.54, 1.807) is 11.3 Å². The summed E-state index contributed by atoms with van der Waals surface area (Å²) in [5, 5.41) is 11.6. The van der Waals surface area contributed by atoms with Crippen molar-refractivity contribution in [1.82, 2.24) is 9.55 Å². The smallest absolute Gasteiger partial charge is 0.156 e. The first-order chi connectivity index (χ1) is 15.2. The fourth-order valence-electron chi connectivity index (χ4n) is 3.55. The number of hydrogen-bond acceptors (Lipinski definition) is 4. The van der Waals surface area contributed by atoms with E-state index < -0.39 is 0 Å². The van der Waals surface area contributed by atoms with Crippen molar-refractivity contribution in [3.63, 3.8) is 0 Å². The van der Waals surface area contributed by atoms with E-state index in [1.165, 1.54) is 11.8 Å². The van der Waals surface area contributed by atoms with Crippen LogP contribution in [0, 0.1) is 11.3 Å². The molecule has 0 spiro atoms. The predicted octanol–water partition coefficient (Wildman–Crippen LogP) is 7.61. The van der Waals surface area contributed by atoms with Gasteiger partial charge in [-0.3, -0.25) is 0 Å². The van der Waals surface area contributed by atoms with Gasteiger partial charge in [0.25, 0.3) is 0 Å². The van der Waals surface area contributed by atoms with Crippen LogP contribution in [0.25, 0.3) is 27.2 Å². The summed E-state index contributed by atoms with van der Waals surface area (Å²) in [4.78, 5) is 5.26. The molecule has 5 rings (SSSR count). The Morgan fingerprint density at radius 3 is 2.68 bits per heavy atom. The molecule has 3 nitrogen and oxygen atoms in total. The summed E-state index contributed by atoms with van der Waals surface area (Å²) in [6.07, 6.45) is 4.03. The summed E-state index contributed by atoms with van der Waals surface area (Å²) in [5.74, 6) is 0. The highest BCUT2D eigenvalue weighted by molar-refractivity contribution is 8.05. The van der Waals surface area contributed by atoms with E-state index in [0.29, 0.717) is 11.4 Å². The van der Waals surface area contributed by atoms with E-state index in [2.05, 4.69) is 40.0 Å². The molecular formula is C25H16ClN3S2. The average Bonchev–Trinajstić information content (AvgIpc) is 3.36. The molecule has 3 aromatic carbocycles. The molecule has 0 saturated carbocycles. The average molecular weight is 458 g/mol. The minimum absolute atomic E-state index is 0.611. The maximum atomic E-state index is 9.79. The molecule has 0 unspecified atom stereocenters. The van der Waals surface area contributed by atoms with Crippen molar-refractivity contribution in [2.24, 2.45) is 0 Å². The van der Waals surface area contributed by atoms with Crippen LogP contribution in [0.2, 0.25) is 5.02 Å². The zero-order chi connectivity index (χ0) is 21.2. The molecule has 2 aromatic heterocycles. The van der Waals surface area contributed by atoms with Gasteiger partial charge in [0.05, 0.1) is 15.1 Å². The van der Waals surface area contributed by atoms with Gasteiger partial charge in [-0.05, 0) is 47.7 Å². The van der Waals surface area contributed by atoms with E-state index in [4.69, 9.17) is 11.6 Å². The number of allylic oxidation sites excluding steroid dienone is 1. The van der Waals surface area contributed by atoms with Gasteiger partial charge in [0.2, 0.25) is 0 Å². The Kier molecular flexibility index (Phi) is 5.52. The molecule has 0 saturated heterocycles. The number of para-hydroxylation sites is 2. The number of thiazole rings is 1. The standard InChI is InChI=1S/C25H16ClN3S2/c26-21-9-3-1-7-17(21)15-29-16-18(20-8-2-5-11-23(20)29)13-19(14-27)30-25-28-22-10-4-6-12-24(22)31-25/h1-13,16H,15H2/b19-13+. The summed E-state index contributed by atoms with van der Waals surface area (Å²) >= 11 is 9.40. The highest BCUT2D eigenvalue weighted by Crippen LogP contribution is 2.35. The number of halogens is 1. The van der Waals surface area contributed by atoms with Crippen molar-refractivity contribution in [2.45, 2.75) is 10.9 Å². The number of hydrogen-bond donors (Lipinski definition) is 0. The van der Waals surface area contributed by atoms with E-state index in [-0.39, 0.29) is 0 Å². The number of thioether (sulfide) groups is 1. The molecule has 0 atom stereocenters. The summed E-state index contributed by atoms with van der Waals surface area (Å²) < 4.78 is 4.17. The number of benzene rings is 3. The zero-order valence-electron chi connectivity index (χ0n) is 16.3. The van der Waals surface area contributed by atoms with Crippen molar-refractivity contribution in [3.8, 4) is 6.07 Å². The third-order valence-corrected chi connectivity index (χ3v) is 7.38. The largest absolute Gasteiger partial charge is 0.342 e. The summed E-state index contributed by atoms with van der Waals surface area (Å²) in [6.45, 7) is 0.668. The van der Waals surface area contributed by atoms with Crippen LogP contribution in [0.5, 0.6) is 0 Å². The molecule has 0 aliphatic rings. The molecule has 150 valence electrons. The van der Waals surface area contributed by atoms with Gasteiger partial charge < -0.3 is 4.57 Å². The van der Waals surface area contributed by atoms with Gasteiger partial charge in [-0.15, -0.1) is 11.3 Å². The maximum Gasteiger partial charge on any atom is 0.156 e. The lowest BCUT2D eigenvalue weighted by Crippen LogP contribution is -1.98. The molecule has 6 heteroatoms. The van der Waals surface area contributed by atoms with Crippen molar-refractivity contribution >= 4 is 61.9 Å². The number of nitriles is 1. The second-order valence-electron chi connectivity index (χ2n) is 6.99. The van der Waals surface area contributed by atoms with Crippen LogP contribution in [0.3, 0.4) is 0 Å². The number of rotatable bonds is 5. The number of aromatic nitrogens is 2. The van der Waals surface area contributed by atoms with Crippen molar-refractivity contribution in [1.29, 1.82) is 5.26 Å². The Morgan fingerprint density at radius 1 is 1.06 bits per heavy atom. The van der Waals surface area contributed by atoms with Crippen LogP contribution in [-0.2, 0) is 6.54 Å². The van der Waals surface area contributed by atoms with Gasteiger partial charge >= 0.3 is 0 Å². The molecule has 0 aliphatic heterocycles. The molecular weight excluding hydrogens is 442 g/mol. The molecule has 5 aromatic rings. The number of nitrogens with zero attached hydrogens (tertiary/aromatic N) is 3. The van der Waals surface area contributed by atoms with Gasteiger partial charge in [-0.25, -0.2) is 4.98 Å². The molecule has 31 heavy (non-hydrogen) atoms. The summed E-state index contributed by atoms with van der Waals surface area (Å²) in [6, 6.07) is 26.5. The predicted molar refractivity (Wildman–Crippen MR) is 132 cm³/mol. The van der Waals surface area contributed by atoms with Gasteiger partial charge in [0.1, 0.15) is 6.07 Å². The molecule has 0 aliphatic carbocycles. The van der Waals surface area contributed by atoms with Gasteiger partial charge in [0, 0.05) is 34.2 Å². The van der Waals surface area contributed by atoms with Crippen LogP contribution in [0.4, 0.5) is 0 Å². The molecule has 2 heterocycles. The summed E-state index contributed by atoms with van der Waals surface area (Å²) in [7, 11) is 0. The first-order valence-corrected chi connectivity index (χ1v) is 11.7. The van der Waals surface area contributed by atoms with Crippen molar-refractivity contribution < 1.29 is 0 Å². The first-order valence-electron chi connectivity index (χ1n) is 9.68. The Morgan fingerprint density at radius 2 is 1.84 bits per heavy atom. The van der Waals surface area contributed by atoms with Gasteiger partial charge in [0.15, 0.2) is 4.34 Å². The molecule has 0 bridgehead atoms. The third-order valence-electron chi connectivity index (χ3n) is 4.99. The van der Waals surface area contributed by atoms with Crippen LogP contribution in [-0.4, -0.2) is 9.55 Å². The Balaban J connectivity index is 1.52. The van der Waals surface area contributed by atoms with Crippen molar-refractivity contribution in [3.05, 3.63) is 100 Å². The highest BCUT2D eigenvalue weighted by atomic mass is 35.5. The Labute approximate surface area is 193 Å². The van der Waals surface area contributed by atoms with E-state index in [9.17, 15) is 5.26 Å². The highest BCUT2D eigenvalue weighted by Gasteiger charge is 2.12. The van der Waals surface area contributed by atoms with E-state index >= 15 is 0 Å². The quantitative estimate of drug-likeness (QED) is 0.201. The Hall–Kier alpha value is -3.04. The van der Waals surface area contributed by atoms with Gasteiger partial charge in [-0.2, -0.15) is 5.26 Å². The first kappa shape index (κ1) is 19.9. The second kappa shape index (κ2) is 8.60. The monoisotopic (exact) mass is 457 g/mol. The molecule has 0 radical (unpaired) electrons. The van der Waals surface area contributed by atoms with Crippen LogP contribution < -0.4 is 0 Å². The molecule has 0 amide bonds. The lowest BCUT2D eigenvalue weighted by Gasteiger charge is -2.07. The third kappa shape index (κ3) is 4.11. The zero-order valence-corrected chi connectivity index (χ0v) is 18.7. The second-order valence-corrected chi connectivity index (χ2v) is 9.72. The van der Waals surface area contributed by atoms with Crippen LogP contribution >= 0.6 is 34.7 Å². The Bertz CT molecular complexity index is 1440. The fourth-order valence-corrected chi connectivity index (χ4v) is 5.71. The topological polar surface area (TPSA) is 41.6 Å². The van der Waals surface area contributed by atoms with Crippen LogP contribution in [0.1, 0.15) is 11.1 Å². The fraction of sp³-hybridized carbons (Fsp3) is 0.0400. The normalized spacial score (nSPS) is 11.8. The minimum Gasteiger partial charge on any atom is -0.342 e. The van der Waals surface area contributed by atoms with Crippen molar-refractivity contribution in [2.75, 3.05) is 0 Å². The SMILES string of the molecule is N#C/C(=C\c1cn(Cc2ccccc2Cl)c2ccccc12)Sc1nc2ccccc2s1. The lowest BCUT2D eigenvalue weighted by atomic mass is 10.1. The minimum atomic E-state index is 0.611. The lowest BCUT2D eigenvalue weighted by molar-refractivity contribution is 0.836. The molecule has 0 fully saturated rings. The maximum absolute atomic E-state index is 9.79. The molecule has 0 N–H and O–H groups in total. The van der Waals surface area contributed by atoms with Crippen LogP contribution in [0.15, 0.2) is 88.2 Å². The van der Waals surface area contributed by atoms with E-state index in [0.717, 1.165) is 41.6 Å². The number of fused-ring (bicyclic) bond motifs is 2. The summed E-state index contributed by atoms with van der Waals surface area (Å²) in [5.41, 5.74) is 4.14. The van der Waals surface area contributed by atoms with Gasteiger partial charge in [-0.1, -0.05) is 60.1 Å².